The lowest BCUT2D eigenvalue weighted by molar-refractivity contribution is -0.0399. The van der Waals surface area contributed by atoms with Gasteiger partial charge < -0.3 is 13.7 Å². The number of benzene rings is 18. The number of rotatable bonds is 6. The van der Waals surface area contributed by atoms with E-state index in [1.807, 2.05) is 34.0 Å². The average Bonchev–Trinajstić information content (AvgIpc) is 1.66. The highest BCUT2D eigenvalue weighted by atomic mass is 32.1. The van der Waals surface area contributed by atoms with Crippen molar-refractivity contribution in [2.75, 3.05) is 0 Å². The lowest BCUT2D eigenvalue weighted by Gasteiger charge is -2.61. The monoisotopic (exact) mass is 1900 g/mol. The fourth-order valence-electron chi connectivity index (χ4n) is 35.0. The van der Waals surface area contributed by atoms with Crippen molar-refractivity contribution in [1.82, 2.24) is 13.7 Å². The molecule has 12 saturated carbocycles. The maximum Gasteiger partial charge on any atom is 0.0547 e. The third kappa shape index (κ3) is 11.1. The number of para-hydroxylation sites is 3. The Kier molecular flexibility index (Phi) is 17.0. The minimum Gasteiger partial charge on any atom is -0.309 e. The molecule has 15 aliphatic rings. The van der Waals surface area contributed by atoms with Crippen LogP contribution >= 0.6 is 34.0 Å². The van der Waals surface area contributed by atoms with E-state index in [-0.39, 0.29) is 16.2 Å². The Bertz CT molecular complexity index is 9610. The highest BCUT2D eigenvalue weighted by Crippen LogP contribution is 2.74. The molecule has 18 aromatic carbocycles. The summed E-state index contributed by atoms with van der Waals surface area (Å²) < 4.78 is 15.7. The fourth-order valence-corrected chi connectivity index (χ4v) is 38.3. The van der Waals surface area contributed by atoms with Gasteiger partial charge in [0, 0.05) is 126 Å². The maximum atomic E-state index is 2.57. The Balaban J connectivity index is 0.0000000932. The molecule has 6 heteroatoms. The molecule has 24 aromatic rings. The Labute approximate surface area is 849 Å². The predicted molar refractivity (Wildman–Crippen MR) is 607 cm³/mol. The SMILES string of the molecule is c1ccc2c(c1)-c1cc(-n3c4ccccc4c4cc(-c5ccc6c(c5)sc5ccccc56)ccc43)ccc1C21C2CC3CC(C2)CC1C3.c1ccc2c(c1)-c1cc(-n3c4ccccc4c4cc(-c5ccc6sc7ccccc7c6c5)ccc43)ccc1C21C2CC3CC(C2)CC1C3.c1ccc2c(c1)-c1cc(-n3c4ccccc4c4ccc(-c5cccc6sc7ccccc7c56)cc43)ccc1C21C2CC3CC(C2)CC1C3. The second-order valence-corrected chi connectivity index (χ2v) is 49.2. The van der Waals surface area contributed by atoms with Gasteiger partial charge in [-0.05, 0) is 395 Å². The van der Waals surface area contributed by atoms with Crippen molar-refractivity contribution in [3.8, 4) is 83.8 Å². The molecule has 12 bridgehead atoms. The highest BCUT2D eigenvalue weighted by Gasteiger charge is 2.65. The zero-order valence-corrected chi connectivity index (χ0v) is 82.9. The summed E-state index contributed by atoms with van der Waals surface area (Å²) in [5.74, 6) is 10.5. The van der Waals surface area contributed by atoms with E-state index < -0.39 is 0 Å². The van der Waals surface area contributed by atoms with Gasteiger partial charge in [-0.2, -0.15) is 0 Å². The van der Waals surface area contributed by atoms with Crippen LogP contribution in [0.25, 0.3) is 210 Å². The largest absolute Gasteiger partial charge is 0.309 e. The first-order valence-corrected chi connectivity index (χ1v) is 56.3. The van der Waals surface area contributed by atoms with Crippen LogP contribution in [0.15, 0.2) is 382 Å². The van der Waals surface area contributed by atoms with Gasteiger partial charge in [0.25, 0.3) is 0 Å². The molecular weight excluding hydrogens is 1800 g/mol. The summed E-state index contributed by atoms with van der Waals surface area (Å²) in [6, 6.07) is 147. The molecule has 0 amide bonds. The second-order valence-electron chi connectivity index (χ2n) is 46.0. The molecule has 0 aliphatic heterocycles. The van der Waals surface area contributed by atoms with Crippen LogP contribution in [0, 0.1) is 71.0 Å². The molecule has 690 valence electrons. The van der Waals surface area contributed by atoms with Gasteiger partial charge in [0.2, 0.25) is 0 Å². The number of fused-ring (bicyclic) bond motifs is 27. The topological polar surface area (TPSA) is 14.8 Å². The number of thiophene rings is 3. The second kappa shape index (κ2) is 30.1. The minimum absolute atomic E-state index is 0.202. The Morgan fingerprint density at radius 2 is 0.458 bits per heavy atom. The summed E-state index contributed by atoms with van der Waals surface area (Å²) in [6.45, 7) is 0. The smallest absolute Gasteiger partial charge is 0.0547 e. The minimum atomic E-state index is 0.202. The van der Waals surface area contributed by atoms with Gasteiger partial charge in [-0.1, -0.05) is 255 Å². The van der Waals surface area contributed by atoms with E-state index in [2.05, 4.69) is 396 Å². The van der Waals surface area contributed by atoms with E-state index in [0.29, 0.717) is 0 Å². The van der Waals surface area contributed by atoms with E-state index in [9.17, 15) is 0 Å². The van der Waals surface area contributed by atoms with Gasteiger partial charge in [0.1, 0.15) is 0 Å². The van der Waals surface area contributed by atoms with E-state index >= 15 is 0 Å². The summed E-state index contributed by atoms with van der Waals surface area (Å²) >= 11 is 5.68. The summed E-state index contributed by atoms with van der Waals surface area (Å²) in [4.78, 5) is 0. The molecule has 0 unspecified atom stereocenters. The van der Waals surface area contributed by atoms with Crippen LogP contribution < -0.4 is 0 Å². The third-order valence-electron chi connectivity index (χ3n) is 39.5. The molecule has 12 fully saturated rings. The van der Waals surface area contributed by atoms with Gasteiger partial charge in [0.15, 0.2) is 0 Å². The lowest BCUT2D eigenvalue weighted by Crippen LogP contribution is -2.55. The molecule has 6 heterocycles. The average molecular weight is 1900 g/mol. The van der Waals surface area contributed by atoms with Crippen LogP contribution in [0.3, 0.4) is 0 Å². The van der Waals surface area contributed by atoms with E-state index in [1.165, 1.54) is 306 Å². The lowest BCUT2D eigenvalue weighted by atomic mass is 9.43. The van der Waals surface area contributed by atoms with Gasteiger partial charge >= 0.3 is 0 Å². The summed E-state index contributed by atoms with van der Waals surface area (Å²) in [5.41, 5.74) is 38.5. The van der Waals surface area contributed by atoms with Crippen molar-refractivity contribution < 1.29 is 0 Å². The van der Waals surface area contributed by atoms with Crippen LogP contribution in [0.5, 0.6) is 0 Å². The molecule has 144 heavy (non-hydrogen) atoms. The molecule has 39 rings (SSSR count). The quantitative estimate of drug-likeness (QED) is 0.158. The Hall–Kier alpha value is -14.0. The van der Waals surface area contributed by atoms with Gasteiger partial charge in [-0.15, -0.1) is 34.0 Å². The predicted octanol–water partition coefficient (Wildman–Crippen LogP) is 37.6. The first kappa shape index (κ1) is 81.4. The molecule has 3 spiro atoms. The normalized spacial score (nSPS) is 25.2. The number of hydrogen-bond donors (Lipinski definition) is 0. The summed E-state index contributed by atoms with van der Waals surface area (Å²) in [5, 5.41) is 16.0. The van der Waals surface area contributed by atoms with Crippen molar-refractivity contribution in [3.05, 3.63) is 416 Å². The van der Waals surface area contributed by atoms with Crippen LogP contribution in [0.1, 0.15) is 130 Å². The van der Waals surface area contributed by atoms with Crippen molar-refractivity contribution in [2.24, 2.45) is 71.0 Å². The van der Waals surface area contributed by atoms with Crippen molar-refractivity contribution in [1.29, 1.82) is 0 Å². The molecule has 0 saturated heterocycles. The van der Waals surface area contributed by atoms with E-state index in [0.717, 1.165) is 71.0 Å². The van der Waals surface area contributed by atoms with Crippen LogP contribution in [-0.2, 0) is 16.2 Å². The maximum absolute atomic E-state index is 2.57. The standard InChI is InChI=1S/3C46H35NS/c1-4-12-39-34(8-1)38-26-32(17-19-40(38)46(39)30-21-27-20-28(23-30)24-31(46)22-27)47-41-13-5-2-9-35(41)36-18-16-29(25-42(36)47)33-11-7-15-44-45(33)37-10-3-6-14-43(37)48-44;1-4-10-40-34(7-1)37-26-33(15-16-41(37)46(40)31-20-27-19-28(22-31)23-32(46)21-27)47-42-11-5-2-8-35(42)38-24-29(13-17-43(38)47)30-14-18-45-39(25-30)36-9-3-6-12-44(36)48-45;1-4-10-40-34(7-1)38-26-33(15-17-41(38)46(40)31-20-27-19-28(22-31)23-32(46)21-27)47-42-11-5-2-8-35(42)39-24-29(14-18-43(39)47)30-13-16-37-36-9-3-6-12-44(36)48-45(37)25-30/h1-19,25-28,30-31H,20-24H2;2*1-18,24-28,31-32H,19-23H2. The Morgan fingerprint density at radius 3 is 0.924 bits per heavy atom. The van der Waals surface area contributed by atoms with E-state index in [4.69, 9.17) is 0 Å². The Morgan fingerprint density at radius 1 is 0.167 bits per heavy atom. The molecule has 0 atom stereocenters. The molecular formula is C138H105N3S3. The van der Waals surface area contributed by atoms with Crippen molar-refractivity contribution in [2.45, 2.75) is 113 Å². The van der Waals surface area contributed by atoms with Crippen LogP contribution in [0.2, 0.25) is 0 Å². The zero-order valence-electron chi connectivity index (χ0n) is 80.5. The first-order chi connectivity index (χ1) is 71.2. The van der Waals surface area contributed by atoms with Crippen LogP contribution in [-0.4, -0.2) is 13.7 Å². The number of nitrogens with zero attached hydrogens (tertiary/aromatic N) is 3. The number of aromatic nitrogens is 3. The van der Waals surface area contributed by atoms with Gasteiger partial charge in [-0.25, -0.2) is 0 Å². The molecule has 6 aromatic heterocycles. The third-order valence-corrected chi connectivity index (χ3v) is 43.0. The summed E-state index contributed by atoms with van der Waals surface area (Å²) in [6.07, 6.45) is 21.5. The van der Waals surface area contributed by atoms with Crippen LogP contribution in [0.4, 0.5) is 0 Å². The van der Waals surface area contributed by atoms with Gasteiger partial charge in [-0.3, -0.25) is 0 Å². The first-order valence-electron chi connectivity index (χ1n) is 53.8. The molecule has 0 radical (unpaired) electrons. The van der Waals surface area contributed by atoms with E-state index in [1.54, 1.807) is 33.4 Å². The summed E-state index contributed by atoms with van der Waals surface area (Å²) in [7, 11) is 0. The molecule has 3 nitrogen and oxygen atoms in total. The fraction of sp³-hybridized carbons (Fsp3) is 0.217. The number of hydrogen-bond acceptors (Lipinski definition) is 3. The van der Waals surface area contributed by atoms with Crippen molar-refractivity contribution in [3.63, 3.8) is 0 Å². The molecule has 0 N–H and O–H groups in total. The van der Waals surface area contributed by atoms with Gasteiger partial charge in [0.05, 0.1) is 33.1 Å². The van der Waals surface area contributed by atoms with Crippen molar-refractivity contribution >= 4 is 160 Å². The zero-order chi connectivity index (χ0) is 93.4. The molecule has 15 aliphatic carbocycles. The highest BCUT2D eigenvalue weighted by molar-refractivity contribution is 7.26.